The molecule has 0 aromatic rings. The van der Waals surface area contributed by atoms with E-state index >= 15 is 0 Å². The molecule has 0 unspecified atom stereocenters. The van der Waals surface area contributed by atoms with Crippen LogP contribution in [-0.2, 0) is 9.47 Å². The molecule has 3 nitrogen and oxygen atoms in total. The quantitative estimate of drug-likeness (QED) is 0.539. The lowest BCUT2D eigenvalue weighted by Crippen LogP contribution is -2.40. The zero-order chi connectivity index (χ0) is 11.7. The normalized spacial score (nSPS) is 20.6. The minimum Gasteiger partial charge on any atom is -0.382 e. The van der Waals surface area contributed by atoms with Crippen LogP contribution >= 0.6 is 0 Å². The molecule has 0 spiro atoms. The van der Waals surface area contributed by atoms with Crippen LogP contribution in [0.5, 0.6) is 0 Å². The van der Waals surface area contributed by atoms with Gasteiger partial charge in [-0.2, -0.15) is 0 Å². The van der Waals surface area contributed by atoms with Gasteiger partial charge in [-0.15, -0.1) is 0 Å². The van der Waals surface area contributed by atoms with Crippen LogP contribution in [0.3, 0.4) is 0 Å². The molecule has 1 fully saturated rings. The van der Waals surface area contributed by atoms with Crippen molar-refractivity contribution in [3.63, 3.8) is 0 Å². The molecule has 0 heterocycles. The van der Waals surface area contributed by atoms with Gasteiger partial charge in [0.15, 0.2) is 0 Å². The third kappa shape index (κ3) is 4.81. The highest BCUT2D eigenvalue weighted by atomic mass is 16.5. The zero-order valence-electron chi connectivity index (χ0n) is 10.7. The van der Waals surface area contributed by atoms with Crippen molar-refractivity contribution < 1.29 is 9.47 Å². The molecule has 1 rings (SSSR count). The Kier molecular flexibility index (Phi) is 7.01. The van der Waals surface area contributed by atoms with Gasteiger partial charge in [0, 0.05) is 26.4 Å². The second kappa shape index (κ2) is 8.04. The molecule has 2 N–H and O–H groups in total. The summed E-state index contributed by atoms with van der Waals surface area (Å²) in [5.41, 5.74) is 5.87. The van der Waals surface area contributed by atoms with E-state index in [2.05, 4.69) is 0 Å². The van der Waals surface area contributed by atoms with Crippen molar-refractivity contribution in [2.75, 3.05) is 26.4 Å². The van der Waals surface area contributed by atoms with Crippen molar-refractivity contribution in [2.45, 2.75) is 57.5 Å². The smallest absolute Gasteiger partial charge is 0.0804 e. The molecule has 0 aromatic heterocycles. The van der Waals surface area contributed by atoms with E-state index in [0.717, 1.165) is 39.1 Å². The van der Waals surface area contributed by atoms with Gasteiger partial charge in [-0.25, -0.2) is 0 Å². The molecule has 1 aliphatic rings. The van der Waals surface area contributed by atoms with Crippen molar-refractivity contribution in [3.8, 4) is 0 Å². The number of nitrogens with two attached hydrogens (primary N) is 1. The minimum atomic E-state index is -0.0251. The fraction of sp³-hybridized carbons (Fsp3) is 1.00. The largest absolute Gasteiger partial charge is 0.382 e. The first-order chi connectivity index (χ1) is 7.83. The molecule has 0 saturated heterocycles. The zero-order valence-corrected chi connectivity index (χ0v) is 10.7. The number of hydrogen-bond acceptors (Lipinski definition) is 3. The fourth-order valence-electron chi connectivity index (χ4n) is 2.37. The van der Waals surface area contributed by atoms with E-state index in [1.165, 1.54) is 25.7 Å². The Morgan fingerprint density at radius 2 is 1.75 bits per heavy atom. The highest BCUT2D eigenvalue weighted by Crippen LogP contribution is 2.29. The van der Waals surface area contributed by atoms with Crippen LogP contribution in [0.25, 0.3) is 0 Å². The van der Waals surface area contributed by atoms with Crippen molar-refractivity contribution in [3.05, 3.63) is 0 Å². The molecule has 1 saturated carbocycles. The van der Waals surface area contributed by atoms with Gasteiger partial charge in [-0.1, -0.05) is 25.7 Å². The molecule has 0 bridgehead atoms. The Hall–Kier alpha value is -0.120. The average Bonchev–Trinajstić information content (AvgIpc) is 2.55. The number of rotatable bonds is 7. The highest BCUT2D eigenvalue weighted by molar-refractivity contribution is 4.84. The monoisotopic (exact) mass is 229 g/mol. The van der Waals surface area contributed by atoms with E-state index in [1.54, 1.807) is 0 Å². The molecule has 0 atom stereocenters. The summed E-state index contributed by atoms with van der Waals surface area (Å²) in [5.74, 6) is 0. The van der Waals surface area contributed by atoms with Crippen molar-refractivity contribution >= 4 is 0 Å². The first-order valence-electron chi connectivity index (χ1n) is 6.75. The van der Waals surface area contributed by atoms with Crippen LogP contribution in [0.15, 0.2) is 0 Å². The Morgan fingerprint density at radius 3 is 2.31 bits per heavy atom. The fourth-order valence-corrected chi connectivity index (χ4v) is 2.37. The molecule has 1 aliphatic carbocycles. The van der Waals surface area contributed by atoms with E-state index in [0.29, 0.717) is 6.54 Å². The molecular weight excluding hydrogens is 202 g/mol. The van der Waals surface area contributed by atoms with Gasteiger partial charge in [-0.05, 0) is 26.2 Å². The van der Waals surface area contributed by atoms with E-state index in [4.69, 9.17) is 15.2 Å². The SMILES string of the molecule is CCOCCCOC1(CN)CCCCCC1. The molecular formula is C13H27NO2. The maximum Gasteiger partial charge on any atom is 0.0804 e. The van der Waals surface area contributed by atoms with E-state index in [9.17, 15) is 0 Å². The predicted octanol–water partition coefficient (Wildman–Crippen LogP) is 2.48. The molecule has 0 radical (unpaired) electrons. The van der Waals surface area contributed by atoms with Crippen molar-refractivity contribution in [2.24, 2.45) is 5.73 Å². The Labute approximate surface area is 99.7 Å². The van der Waals surface area contributed by atoms with E-state index < -0.39 is 0 Å². The van der Waals surface area contributed by atoms with Crippen molar-refractivity contribution in [1.82, 2.24) is 0 Å². The van der Waals surface area contributed by atoms with Gasteiger partial charge in [0.05, 0.1) is 5.60 Å². The second-order valence-corrected chi connectivity index (χ2v) is 4.70. The summed E-state index contributed by atoms with van der Waals surface area (Å²) in [7, 11) is 0. The van der Waals surface area contributed by atoms with E-state index in [1.807, 2.05) is 6.92 Å². The van der Waals surface area contributed by atoms with Crippen molar-refractivity contribution in [1.29, 1.82) is 0 Å². The predicted molar refractivity (Wildman–Crippen MR) is 66.5 cm³/mol. The number of ether oxygens (including phenoxy) is 2. The summed E-state index contributed by atoms with van der Waals surface area (Å²) in [6.07, 6.45) is 8.46. The molecule has 0 aliphatic heterocycles. The first-order valence-corrected chi connectivity index (χ1v) is 6.75. The summed E-state index contributed by atoms with van der Waals surface area (Å²) in [4.78, 5) is 0. The third-order valence-electron chi connectivity index (χ3n) is 3.43. The Morgan fingerprint density at radius 1 is 1.06 bits per heavy atom. The molecule has 3 heteroatoms. The third-order valence-corrected chi connectivity index (χ3v) is 3.43. The van der Waals surface area contributed by atoms with Gasteiger partial charge in [0.1, 0.15) is 0 Å². The summed E-state index contributed by atoms with van der Waals surface area (Å²) in [6, 6.07) is 0. The molecule has 16 heavy (non-hydrogen) atoms. The lowest BCUT2D eigenvalue weighted by atomic mass is 9.94. The van der Waals surface area contributed by atoms with Gasteiger partial charge in [0.25, 0.3) is 0 Å². The van der Waals surface area contributed by atoms with Crippen LogP contribution in [0.1, 0.15) is 51.9 Å². The molecule has 96 valence electrons. The van der Waals surface area contributed by atoms with Crippen LogP contribution in [-0.4, -0.2) is 32.0 Å². The lowest BCUT2D eigenvalue weighted by Gasteiger charge is -2.31. The number of hydrogen-bond donors (Lipinski definition) is 1. The summed E-state index contributed by atoms with van der Waals surface area (Å²) in [5, 5.41) is 0. The lowest BCUT2D eigenvalue weighted by molar-refractivity contribution is -0.0557. The van der Waals surface area contributed by atoms with Crippen LogP contribution in [0.2, 0.25) is 0 Å². The summed E-state index contributed by atoms with van der Waals surface area (Å²) >= 11 is 0. The van der Waals surface area contributed by atoms with Crippen LogP contribution in [0.4, 0.5) is 0 Å². The highest BCUT2D eigenvalue weighted by Gasteiger charge is 2.29. The average molecular weight is 229 g/mol. The first kappa shape index (κ1) is 13.9. The van der Waals surface area contributed by atoms with Gasteiger partial charge in [-0.3, -0.25) is 0 Å². The van der Waals surface area contributed by atoms with E-state index in [-0.39, 0.29) is 5.60 Å². The van der Waals surface area contributed by atoms with Gasteiger partial charge < -0.3 is 15.2 Å². The maximum absolute atomic E-state index is 6.04. The van der Waals surface area contributed by atoms with Crippen LogP contribution < -0.4 is 5.73 Å². The summed E-state index contributed by atoms with van der Waals surface area (Å²) < 4.78 is 11.3. The molecule has 0 amide bonds. The minimum absolute atomic E-state index is 0.0251. The second-order valence-electron chi connectivity index (χ2n) is 4.70. The maximum atomic E-state index is 6.04. The standard InChI is InChI=1S/C13H27NO2/c1-2-15-10-7-11-16-13(12-14)8-5-3-4-6-9-13/h2-12,14H2,1H3. The topological polar surface area (TPSA) is 44.5 Å². The Bertz CT molecular complexity index is 165. The Balaban J connectivity index is 2.22. The summed E-state index contributed by atoms with van der Waals surface area (Å²) in [6.45, 7) is 5.07. The van der Waals surface area contributed by atoms with Crippen LogP contribution in [0, 0.1) is 0 Å². The van der Waals surface area contributed by atoms with Gasteiger partial charge >= 0.3 is 0 Å². The van der Waals surface area contributed by atoms with Gasteiger partial charge in [0.2, 0.25) is 0 Å². The molecule has 0 aromatic carbocycles.